The second-order valence-electron chi connectivity index (χ2n) is 4.03. The van der Waals surface area contributed by atoms with Crippen LogP contribution in [0.4, 0.5) is 28.2 Å². The van der Waals surface area contributed by atoms with Crippen molar-refractivity contribution in [2.45, 2.75) is 6.18 Å². The maximum atomic E-state index is 13.7. The van der Waals surface area contributed by atoms with Crippen LogP contribution in [0.2, 0.25) is 0 Å². The van der Waals surface area contributed by atoms with E-state index in [9.17, 15) is 27.5 Å². The highest BCUT2D eigenvalue weighted by molar-refractivity contribution is 5.81. The molecule has 1 heterocycles. The summed E-state index contributed by atoms with van der Waals surface area (Å²) in [5, 5.41) is 12.2. The molecule has 2 rings (SSSR count). The van der Waals surface area contributed by atoms with Gasteiger partial charge in [0.1, 0.15) is 17.7 Å². The molecule has 21 heavy (non-hydrogen) atoms. The molecule has 0 aliphatic carbocycles. The number of nitrogens with one attached hydrogen (secondary N) is 1. The number of amides is 1. The zero-order valence-corrected chi connectivity index (χ0v) is 10.2. The average molecular weight is 299 g/mol. The molecular weight excluding hydrogens is 292 g/mol. The van der Waals surface area contributed by atoms with E-state index in [2.05, 4.69) is 4.98 Å². The smallest absolute Gasteiger partial charge is 0.416 e. The Kier molecular flexibility index (Phi) is 3.79. The van der Waals surface area contributed by atoms with Crippen molar-refractivity contribution in [3.63, 3.8) is 0 Å². The monoisotopic (exact) mass is 299 g/mol. The minimum atomic E-state index is -4.61. The van der Waals surface area contributed by atoms with Crippen molar-refractivity contribution in [2.24, 2.45) is 0 Å². The van der Waals surface area contributed by atoms with E-state index in [-0.39, 0.29) is 16.9 Å². The molecule has 1 N–H and O–H groups in total. The van der Waals surface area contributed by atoms with Gasteiger partial charge in [-0.3, -0.25) is 0 Å². The van der Waals surface area contributed by atoms with Gasteiger partial charge in [-0.05, 0) is 35.9 Å². The minimum absolute atomic E-state index is 0.0531. The van der Waals surface area contributed by atoms with Crippen molar-refractivity contribution in [3.05, 3.63) is 47.9 Å². The Morgan fingerprint density at radius 1 is 1.19 bits per heavy atom. The molecule has 0 saturated carbocycles. The molecule has 0 aliphatic rings. The number of hydrogen-bond donors (Lipinski definition) is 1. The van der Waals surface area contributed by atoms with Gasteiger partial charge in [0.2, 0.25) is 0 Å². The number of pyridine rings is 1. The summed E-state index contributed by atoms with van der Waals surface area (Å²) in [7, 11) is 0. The fourth-order valence-electron chi connectivity index (χ4n) is 1.69. The Balaban J connectivity index is 2.48. The van der Waals surface area contributed by atoms with Crippen LogP contribution in [0.15, 0.2) is 36.5 Å². The maximum absolute atomic E-state index is 13.7. The van der Waals surface area contributed by atoms with E-state index in [1.54, 1.807) is 0 Å². The summed E-state index contributed by atoms with van der Waals surface area (Å²) in [6.45, 7) is 0. The van der Waals surface area contributed by atoms with Crippen LogP contribution < -0.4 is 10.4 Å². The first kappa shape index (κ1) is 14.8. The van der Waals surface area contributed by atoms with Crippen molar-refractivity contribution in [1.29, 1.82) is 0 Å². The second kappa shape index (κ2) is 5.39. The molecule has 0 atom stereocenters. The van der Waals surface area contributed by atoms with Crippen LogP contribution in [0.25, 0.3) is 11.1 Å². The fourth-order valence-corrected chi connectivity index (χ4v) is 1.69. The summed E-state index contributed by atoms with van der Waals surface area (Å²) in [6.07, 6.45) is -5.11. The minimum Gasteiger partial charge on any atom is -0.530 e. The molecule has 1 amide bonds. The number of hydrogen-bond acceptors (Lipinski definition) is 3. The molecule has 0 saturated heterocycles. The van der Waals surface area contributed by atoms with Crippen LogP contribution in [-0.4, -0.2) is 11.1 Å². The Bertz CT molecular complexity index is 686. The molecule has 0 bridgehead atoms. The largest absolute Gasteiger partial charge is 0.530 e. The predicted octanol–water partition coefficient (Wildman–Crippen LogP) is 2.66. The lowest BCUT2D eigenvalue weighted by Gasteiger charge is -2.11. The van der Waals surface area contributed by atoms with Crippen molar-refractivity contribution in [2.75, 3.05) is 5.32 Å². The molecule has 8 heteroatoms. The molecule has 1 aromatic heterocycles. The van der Waals surface area contributed by atoms with E-state index in [1.807, 2.05) is 5.32 Å². The molecular formula is C13H7F4N2O2-. The van der Waals surface area contributed by atoms with Gasteiger partial charge in [0.05, 0.1) is 5.56 Å². The first-order chi connectivity index (χ1) is 9.77. The molecule has 0 aliphatic heterocycles. The quantitative estimate of drug-likeness (QED) is 0.867. The van der Waals surface area contributed by atoms with Gasteiger partial charge in [0, 0.05) is 11.8 Å². The van der Waals surface area contributed by atoms with Crippen LogP contribution in [-0.2, 0) is 6.18 Å². The zero-order valence-electron chi connectivity index (χ0n) is 10.2. The van der Waals surface area contributed by atoms with Gasteiger partial charge < -0.3 is 15.2 Å². The Morgan fingerprint density at radius 3 is 2.52 bits per heavy atom. The summed E-state index contributed by atoms with van der Waals surface area (Å²) >= 11 is 0. The van der Waals surface area contributed by atoms with Crippen molar-refractivity contribution in [3.8, 4) is 11.1 Å². The predicted molar refractivity (Wildman–Crippen MR) is 63.7 cm³/mol. The van der Waals surface area contributed by atoms with Crippen molar-refractivity contribution < 1.29 is 27.5 Å². The third kappa shape index (κ3) is 3.47. The highest BCUT2D eigenvalue weighted by Crippen LogP contribution is 2.33. The van der Waals surface area contributed by atoms with Gasteiger partial charge >= 0.3 is 6.18 Å². The van der Waals surface area contributed by atoms with Crippen LogP contribution >= 0.6 is 0 Å². The van der Waals surface area contributed by atoms with E-state index in [0.717, 1.165) is 12.3 Å². The van der Waals surface area contributed by atoms with Gasteiger partial charge in [0.15, 0.2) is 0 Å². The summed E-state index contributed by atoms with van der Waals surface area (Å²) in [4.78, 5) is 14.0. The Hall–Kier alpha value is -2.64. The number of carbonyl (C=O) groups excluding carboxylic acids is 1. The van der Waals surface area contributed by atoms with E-state index >= 15 is 0 Å². The Morgan fingerprint density at radius 2 is 1.90 bits per heavy atom. The fraction of sp³-hybridized carbons (Fsp3) is 0.0769. The molecule has 2 aromatic rings. The topological polar surface area (TPSA) is 65.0 Å². The van der Waals surface area contributed by atoms with Crippen LogP contribution in [0.3, 0.4) is 0 Å². The van der Waals surface area contributed by atoms with Crippen molar-refractivity contribution in [1.82, 2.24) is 4.98 Å². The van der Waals surface area contributed by atoms with Gasteiger partial charge in [-0.15, -0.1) is 0 Å². The van der Waals surface area contributed by atoms with Gasteiger partial charge in [-0.2, -0.15) is 13.2 Å². The molecule has 0 radical (unpaired) electrons. The van der Waals surface area contributed by atoms with Crippen LogP contribution in [0.1, 0.15) is 5.56 Å². The number of alkyl halides is 3. The number of carbonyl (C=O) groups is 1. The summed E-state index contributed by atoms with van der Waals surface area (Å²) in [6, 6.07) is 4.34. The van der Waals surface area contributed by atoms with E-state index in [4.69, 9.17) is 0 Å². The molecule has 4 nitrogen and oxygen atoms in total. The number of anilines is 1. The number of nitrogens with zero attached hydrogens (tertiary/aromatic N) is 1. The van der Waals surface area contributed by atoms with E-state index in [1.165, 1.54) is 6.07 Å². The highest BCUT2D eigenvalue weighted by Gasteiger charge is 2.31. The third-order valence-corrected chi connectivity index (χ3v) is 2.59. The first-order valence-corrected chi connectivity index (χ1v) is 5.58. The highest BCUT2D eigenvalue weighted by atomic mass is 19.4. The third-order valence-electron chi connectivity index (χ3n) is 2.59. The summed E-state index contributed by atoms with van der Waals surface area (Å²) < 4.78 is 51.6. The summed E-state index contributed by atoms with van der Waals surface area (Å²) in [5.74, 6) is -1.04. The number of rotatable bonds is 2. The SMILES string of the molecule is O=C([O-])Nc1cc(-c2cc(C(F)(F)F)ccc2F)ccn1. The average Bonchev–Trinajstić information content (AvgIpc) is 2.37. The zero-order chi connectivity index (χ0) is 15.6. The second-order valence-corrected chi connectivity index (χ2v) is 4.03. The molecule has 0 spiro atoms. The first-order valence-electron chi connectivity index (χ1n) is 5.58. The van der Waals surface area contributed by atoms with E-state index < -0.39 is 23.7 Å². The molecule has 0 unspecified atom stereocenters. The summed E-state index contributed by atoms with van der Waals surface area (Å²) in [5.41, 5.74) is -1.27. The molecule has 1 aromatic carbocycles. The Labute approximate surface area is 116 Å². The normalized spacial score (nSPS) is 11.2. The number of aromatic nitrogens is 1. The number of carboxylic acid groups (broad SMARTS) is 1. The van der Waals surface area contributed by atoms with Crippen molar-refractivity contribution >= 4 is 11.9 Å². The number of benzene rings is 1. The lowest BCUT2D eigenvalue weighted by Crippen LogP contribution is -2.29. The van der Waals surface area contributed by atoms with Gasteiger partial charge in [0.25, 0.3) is 0 Å². The standard InChI is InChI=1S/C13H8F4N2O2/c14-10-2-1-8(13(15,16)17)6-9(10)7-3-4-18-11(5-7)19-12(20)21/h1-6H,(H,18,19)(H,20,21)/p-1. The van der Waals surface area contributed by atoms with Crippen LogP contribution in [0, 0.1) is 5.82 Å². The van der Waals surface area contributed by atoms with Gasteiger partial charge in [-0.25, -0.2) is 9.37 Å². The lowest BCUT2D eigenvalue weighted by molar-refractivity contribution is -0.242. The van der Waals surface area contributed by atoms with Crippen LogP contribution in [0.5, 0.6) is 0 Å². The van der Waals surface area contributed by atoms with Gasteiger partial charge in [-0.1, -0.05) is 0 Å². The molecule has 110 valence electrons. The molecule has 0 fully saturated rings. The lowest BCUT2D eigenvalue weighted by atomic mass is 10.0. The number of halogens is 4. The maximum Gasteiger partial charge on any atom is 0.416 e. The van der Waals surface area contributed by atoms with E-state index in [0.29, 0.717) is 18.2 Å².